The monoisotopic (exact) mass is 902 g/mol. The summed E-state index contributed by atoms with van der Waals surface area (Å²) >= 11 is 0. The Labute approximate surface area is 375 Å². The minimum atomic E-state index is -3.94. The number of nitrogens with one attached hydrogen (secondary N) is 3. The van der Waals surface area contributed by atoms with Gasteiger partial charge in [0.2, 0.25) is 33.6 Å². The van der Waals surface area contributed by atoms with Crippen molar-refractivity contribution in [1.82, 2.24) is 30.2 Å². The van der Waals surface area contributed by atoms with Gasteiger partial charge in [-0.3, -0.25) is 19.1 Å². The van der Waals surface area contributed by atoms with Crippen LogP contribution < -0.4 is 29.6 Å². The Morgan fingerprint density at radius 2 is 1.83 bits per heavy atom. The second-order valence-electron chi connectivity index (χ2n) is 19.0. The summed E-state index contributed by atoms with van der Waals surface area (Å²) in [4.78, 5) is 68.3. The first-order valence-electron chi connectivity index (χ1n) is 22.4. The lowest BCUT2D eigenvalue weighted by Crippen LogP contribution is -2.59. The number of alkyl carbamates (subject to hydrolysis) is 1. The summed E-state index contributed by atoms with van der Waals surface area (Å²) in [5.74, 6) is -1.29. The largest absolute Gasteiger partial charge is 0.497 e. The van der Waals surface area contributed by atoms with Crippen LogP contribution >= 0.6 is 0 Å². The SMILES string of the molecule is CC[C@@H]1C[C@H](C)CC/C=C\[C@@H]2C[C@@]2(C(=O)NS(=O)(=O)C2CC2)NC(=O)[C@@H]2C[C@@H](Oc3nc(-c4ccc(OC(C)C)nc4)cc4cc(OC)ccc34)CN2C(=O)[C@H]1NC(=O)OC(C)(C)C. The van der Waals surface area contributed by atoms with Gasteiger partial charge in [-0.1, -0.05) is 32.4 Å². The molecule has 17 heteroatoms. The zero-order valence-electron chi connectivity index (χ0n) is 38.0. The lowest BCUT2D eigenvalue weighted by Gasteiger charge is -2.34. The number of benzene rings is 1. The molecule has 2 aliphatic carbocycles. The average molecular weight is 903 g/mol. The highest BCUT2D eigenvalue weighted by atomic mass is 32.2. The van der Waals surface area contributed by atoms with E-state index in [0.717, 1.165) is 11.8 Å². The molecule has 0 unspecified atom stereocenters. The van der Waals surface area contributed by atoms with E-state index in [-0.39, 0.29) is 43.2 Å². The van der Waals surface area contributed by atoms with Gasteiger partial charge in [0.05, 0.1) is 30.7 Å². The number of hydrogen-bond donors (Lipinski definition) is 3. The van der Waals surface area contributed by atoms with Crippen LogP contribution in [0.2, 0.25) is 0 Å². The molecule has 2 saturated carbocycles. The maximum Gasteiger partial charge on any atom is 0.408 e. The van der Waals surface area contributed by atoms with Crippen molar-refractivity contribution >= 4 is 44.6 Å². The Morgan fingerprint density at radius 1 is 1.06 bits per heavy atom. The van der Waals surface area contributed by atoms with Gasteiger partial charge < -0.3 is 34.5 Å². The molecular formula is C47H62N6O10S. The number of rotatable bonds is 11. The van der Waals surface area contributed by atoms with Crippen molar-refractivity contribution in [3.63, 3.8) is 0 Å². The molecule has 346 valence electrons. The number of amides is 4. The fraction of sp³-hybridized carbons (Fsp3) is 0.574. The first-order valence-corrected chi connectivity index (χ1v) is 24.0. The Morgan fingerprint density at radius 3 is 2.48 bits per heavy atom. The fourth-order valence-electron chi connectivity index (χ4n) is 8.72. The summed E-state index contributed by atoms with van der Waals surface area (Å²) < 4.78 is 52.0. The number of nitrogens with zero attached hydrogens (tertiary/aromatic N) is 3. The first-order chi connectivity index (χ1) is 30.3. The van der Waals surface area contributed by atoms with Gasteiger partial charge in [0.15, 0.2) is 0 Å². The Kier molecular flexibility index (Phi) is 13.5. The third kappa shape index (κ3) is 10.7. The number of hydrogen-bond acceptors (Lipinski definition) is 12. The highest BCUT2D eigenvalue weighted by Gasteiger charge is 2.62. The number of methoxy groups -OCH3 is 1. The zero-order valence-corrected chi connectivity index (χ0v) is 38.8. The van der Waals surface area contributed by atoms with Crippen LogP contribution in [0, 0.1) is 17.8 Å². The van der Waals surface area contributed by atoms with Crippen LogP contribution in [-0.4, -0.2) is 101 Å². The van der Waals surface area contributed by atoms with E-state index in [0.29, 0.717) is 60.4 Å². The summed E-state index contributed by atoms with van der Waals surface area (Å²) in [6.45, 7) is 13.0. The number of allylic oxidation sites excluding steroid dienone is 1. The average Bonchev–Trinajstić information content (AvgIpc) is 4.16. The van der Waals surface area contributed by atoms with Crippen molar-refractivity contribution in [1.29, 1.82) is 0 Å². The van der Waals surface area contributed by atoms with E-state index in [1.54, 1.807) is 46.2 Å². The van der Waals surface area contributed by atoms with Crippen molar-refractivity contribution in [3.8, 4) is 28.8 Å². The maximum atomic E-state index is 15.2. The molecule has 0 spiro atoms. The quantitative estimate of drug-likeness (QED) is 0.184. The molecule has 64 heavy (non-hydrogen) atoms. The van der Waals surface area contributed by atoms with Crippen LogP contribution in [0.25, 0.3) is 22.0 Å². The summed E-state index contributed by atoms with van der Waals surface area (Å²) in [5, 5.41) is 6.57. The van der Waals surface area contributed by atoms with Crippen LogP contribution in [-0.2, 0) is 29.1 Å². The second-order valence-corrected chi connectivity index (χ2v) is 21.0. The van der Waals surface area contributed by atoms with E-state index < -0.39 is 74.3 Å². The van der Waals surface area contributed by atoms with Crippen LogP contribution in [0.5, 0.6) is 17.5 Å². The Bertz CT molecular complexity index is 2380. The number of carbonyl (C=O) groups excluding carboxylic acids is 4. The predicted molar refractivity (Wildman–Crippen MR) is 240 cm³/mol. The molecule has 0 bridgehead atoms. The molecule has 1 saturated heterocycles. The van der Waals surface area contributed by atoms with Crippen LogP contribution in [0.1, 0.15) is 99.8 Å². The summed E-state index contributed by atoms with van der Waals surface area (Å²) in [6.07, 6.45) is 7.55. The van der Waals surface area contributed by atoms with E-state index >= 15 is 4.79 Å². The van der Waals surface area contributed by atoms with Gasteiger partial charge >= 0.3 is 6.09 Å². The third-order valence-corrected chi connectivity index (χ3v) is 14.1. The van der Waals surface area contributed by atoms with Crippen LogP contribution in [0.15, 0.2) is 54.7 Å². The van der Waals surface area contributed by atoms with Gasteiger partial charge in [-0.05, 0) is 121 Å². The molecule has 2 aliphatic heterocycles. The van der Waals surface area contributed by atoms with Gasteiger partial charge in [0.1, 0.15) is 35.1 Å². The third-order valence-electron chi connectivity index (χ3n) is 12.3. The van der Waals surface area contributed by atoms with E-state index in [1.807, 2.05) is 57.2 Å². The normalized spacial score (nSPS) is 27.0. The molecule has 4 aliphatic rings. The molecule has 4 heterocycles. The molecule has 3 N–H and O–H groups in total. The smallest absolute Gasteiger partial charge is 0.408 e. The predicted octanol–water partition coefficient (Wildman–Crippen LogP) is 6.22. The van der Waals surface area contributed by atoms with Gasteiger partial charge in [-0.2, -0.15) is 0 Å². The topological polar surface area (TPSA) is 204 Å². The molecule has 0 radical (unpaired) electrons. The molecule has 4 amide bonds. The van der Waals surface area contributed by atoms with Crippen molar-refractivity contribution in [2.45, 2.75) is 141 Å². The van der Waals surface area contributed by atoms with Crippen molar-refractivity contribution < 1.29 is 46.5 Å². The molecule has 2 aromatic heterocycles. The second kappa shape index (κ2) is 18.6. The highest BCUT2D eigenvalue weighted by Crippen LogP contribution is 2.46. The summed E-state index contributed by atoms with van der Waals surface area (Å²) in [5.41, 5.74) is -1.16. The standard InChI is InChI=1S/C47H62N6O10S/c1-9-29-20-28(4)12-10-11-13-32-24-47(32,44(56)52-64(58,59)35-16-17-35)51-41(54)38-23-34(26-53(38)43(55)40(29)50-45(57)63-46(5,6)7)62-42-36-18-15-33(60-8)21-31(36)22-37(49-42)30-14-19-39(48-25-30)61-27(2)3/h11,13-15,18-19,21-22,25,27-29,32,34-35,38,40H,9-10,12,16-17,20,23-24,26H2,1-8H3,(H,50,57)(H,51,54)(H,52,56)/b13-11-/t28-,29-,32-,34-,38+,40+,47-/m1/s1. The number of carbonyl (C=O) groups is 4. The first kappa shape index (κ1) is 46.5. The number of aromatic nitrogens is 2. The minimum Gasteiger partial charge on any atom is -0.497 e. The Balaban J connectivity index is 1.27. The van der Waals surface area contributed by atoms with E-state index in [2.05, 4.69) is 27.3 Å². The van der Waals surface area contributed by atoms with Crippen LogP contribution in [0.3, 0.4) is 0 Å². The number of ether oxygens (including phenoxy) is 4. The van der Waals surface area contributed by atoms with Gasteiger partial charge in [0, 0.05) is 35.6 Å². The number of pyridine rings is 2. The molecule has 7 atom stereocenters. The maximum absolute atomic E-state index is 15.2. The van der Waals surface area contributed by atoms with Crippen molar-refractivity contribution in [2.24, 2.45) is 17.8 Å². The fourth-order valence-corrected chi connectivity index (χ4v) is 10.1. The van der Waals surface area contributed by atoms with Crippen molar-refractivity contribution in [2.75, 3.05) is 13.7 Å². The highest BCUT2D eigenvalue weighted by molar-refractivity contribution is 7.91. The van der Waals surface area contributed by atoms with Gasteiger partial charge in [0.25, 0.3) is 5.91 Å². The minimum absolute atomic E-state index is 0.00511. The van der Waals surface area contributed by atoms with Gasteiger partial charge in [-0.25, -0.2) is 23.2 Å². The van der Waals surface area contributed by atoms with E-state index in [9.17, 15) is 22.8 Å². The van der Waals surface area contributed by atoms with Crippen LogP contribution in [0.4, 0.5) is 4.79 Å². The molecule has 3 fully saturated rings. The lowest BCUT2D eigenvalue weighted by atomic mass is 9.85. The van der Waals surface area contributed by atoms with E-state index in [4.69, 9.17) is 23.9 Å². The molecule has 1 aromatic carbocycles. The summed E-state index contributed by atoms with van der Waals surface area (Å²) in [6, 6.07) is 8.74. The number of fused-ring (bicyclic) bond motifs is 3. The lowest BCUT2D eigenvalue weighted by molar-refractivity contribution is -0.142. The van der Waals surface area contributed by atoms with E-state index in [1.165, 1.54) is 4.90 Å². The molecule has 16 nitrogen and oxygen atoms in total. The molecule has 3 aromatic rings. The molecular weight excluding hydrogens is 841 g/mol. The van der Waals surface area contributed by atoms with Gasteiger partial charge in [-0.15, -0.1) is 0 Å². The Hall–Kier alpha value is -5.45. The number of sulfonamides is 1. The summed E-state index contributed by atoms with van der Waals surface area (Å²) in [7, 11) is -2.36. The zero-order chi connectivity index (χ0) is 46.1. The molecule has 7 rings (SSSR count). The van der Waals surface area contributed by atoms with Crippen molar-refractivity contribution in [3.05, 3.63) is 54.7 Å².